The third-order valence-corrected chi connectivity index (χ3v) is 2.73. The Balaban J connectivity index is 1.66. The van der Waals surface area contributed by atoms with Crippen molar-refractivity contribution in [1.82, 2.24) is 25.5 Å². The van der Waals surface area contributed by atoms with Crippen molar-refractivity contribution in [3.8, 4) is 11.5 Å². The molecule has 1 amide bonds. The molecule has 0 aliphatic rings. The summed E-state index contributed by atoms with van der Waals surface area (Å²) in [6, 6.07) is 6.93. The van der Waals surface area contributed by atoms with Gasteiger partial charge in [-0.3, -0.25) is 4.79 Å². The van der Waals surface area contributed by atoms with Gasteiger partial charge in [-0.1, -0.05) is 0 Å². The van der Waals surface area contributed by atoms with Crippen LogP contribution >= 0.6 is 0 Å². The molecule has 0 saturated heterocycles. The largest absolute Gasteiger partial charge is 0.423 e. The summed E-state index contributed by atoms with van der Waals surface area (Å²) in [5.41, 5.74) is 1.32. The molecule has 0 bridgehead atoms. The number of nitrogens with one attached hydrogen (secondary N) is 2. The number of nitrogens with zero attached hydrogens (tertiary/aromatic N) is 3. The van der Waals surface area contributed by atoms with Gasteiger partial charge in [0.2, 0.25) is 12.3 Å². The Morgan fingerprint density at radius 1 is 1.30 bits per heavy atom. The third-order valence-electron chi connectivity index (χ3n) is 2.73. The topological polar surface area (TPSA) is 96.7 Å². The number of hydrogen-bond acceptors (Lipinski definition) is 5. The maximum absolute atomic E-state index is 11.9. The van der Waals surface area contributed by atoms with Gasteiger partial charge < -0.3 is 14.7 Å². The van der Waals surface area contributed by atoms with Crippen LogP contribution in [0.3, 0.4) is 0 Å². The Labute approximate surface area is 114 Å². The highest BCUT2D eigenvalue weighted by atomic mass is 16.4. The van der Waals surface area contributed by atoms with Gasteiger partial charge in [-0.2, -0.15) is 0 Å². The molecule has 0 aliphatic carbocycles. The summed E-state index contributed by atoms with van der Waals surface area (Å²) in [5, 5.41) is 10.2. The van der Waals surface area contributed by atoms with Gasteiger partial charge in [-0.05, 0) is 24.3 Å². The smallest absolute Gasteiger partial charge is 0.251 e. The van der Waals surface area contributed by atoms with Gasteiger partial charge in [-0.15, -0.1) is 10.2 Å². The number of amides is 1. The fourth-order valence-corrected chi connectivity index (χ4v) is 1.72. The van der Waals surface area contributed by atoms with E-state index >= 15 is 0 Å². The van der Waals surface area contributed by atoms with Crippen molar-refractivity contribution in [3.63, 3.8) is 0 Å². The van der Waals surface area contributed by atoms with Crippen LogP contribution in [-0.2, 0) is 6.54 Å². The molecule has 20 heavy (non-hydrogen) atoms. The summed E-state index contributed by atoms with van der Waals surface area (Å²) in [7, 11) is 0. The van der Waals surface area contributed by atoms with E-state index in [0.29, 0.717) is 23.8 Å². The number of benzene rings is 1. The first-order chi connectivity index (χ1) is 9.83. The monoisotopic (exact) mass is 269 g/mol. The van der Waals surface area contributed by atoms with Gasteiger partial charge in [0.05, 0.1) is 6.54 Å². The number of H-pyrrole nitrogens is 1. The van der Waals surface area contributed by atoms with E-state index in [4.69, 9.17) is 4.42 Å². The van der Waals surface area contributed by atoms with Gasteiger partial charge in [-0.25, -0.2) is 4.98 Å². The van der Waals surface area contributed by atoms with E-state index in [9.17, 15) is 4.79 Å². The minimum absolute atomic E-state index is 0.168. The maximum atomic E-state index is 11.9. The second-order valence-corrected chi connectivity index (χ2v) is 4.04. The Bertz CT molecular complexity index is 674. The number of aromatic nitrogens is 4. The summed E-state index contributed by atoms with van der Waals surface area (Å²) in [6.45, 7) is 0.358. The number of rotatable bonds is 4. The zero-order valence-corrected chi connectivity index (χ0v) is 10.4. The predicted octanol–water partition coefficient (Wildman–Crippen LogP) is 1.39. The van der Waals surface area contributed by atoms with E-state index in [1.165, 1.54) is 6.39 Å². The summed E-state index contributed by atoms with van der Waals surface area (Å²) < 4.78 is 5.08. The normalized spacial score (nSPS) is 10.4. The number of imidazole rings is 1. The van der Waals surface area contributed by atoms with Gasteiger partial charge in [0.1, 0.15) is 5.82 Å². The lowest BCUT2D eigenvalue weighted by atomic mass is 10.1. The zero-order chi connectivity index (χ0) is 13.8. The first kappa shape index (κ1) is 12.1. The summed E-state index contributed by atoms with van der Waals surface area (Å²) in [4.78, 5) is 18.9. The van der Waals surface area contributed by atoms with Gasteiger partial charge >= 0.3 is 0 Å². The van der Waals surface area contributed by atoms with Gasteiger partial charge in [0, 0.05) is 23.5 Å². The Kier molecular flexibility index (Phi) is 3.24. The first-order valence-electron chi connectivity index (χ1n) is 5.96. The van der Waals surface area contributed by atoms with Crippen LogP contribution in [0.15, 0.2) is 47.5 Å². The molecule has 2 heterocycles. The van der Waals surface area contributed by atoms with E-state index in [2.05, 4.69) is 25.5 Å². The van der Waals surface area contributed by atoms with E-state index in [0.717, 1.165) is 5.56 Å². The van der Waals surface area contributed by atoms with Crippen molar-refractivity contribution in [2.75, 3.05) is 0 Å². The fraction of sp³-hybridized carbons (Fsp3) is 0.0769. The Morgan fingerprint density at radius 2 is 2.15 bits per heavy atom. The highest BCUT2D eigenvalue weighted by molar-refractivity contribution is 5.94. The molecular formula is C13H11N5O2. The van der Waals surface area contributed by atoms with E-state index in [1.807, 2.05) is 0 Å². The lowest BCUT2D eigenvalue weighted by Gasteiger charge is -2.03. The van der Waals surface area contributed by atoms with Crippen LogP contribution in [0.4, 0.5) is 0 Å². The minimum Gasteiger partial charge on any atom is -0.423 e. The lowest BCUT2D eigenvalue weighted by molar-refractivity contribution is 0.0950. The number of carbonyl (C=O) groups is 1. The molecular weight excluding hydrogens is 258 g/mol. The van der Waals surface area contributed by atoms with Crippen LogP contribution in [-0.4, -0.2) is 26.1 Å². The second-order valence-electron chi connectivity index (χ2n) is 4.04. The van der Waals surface area contributed by atoms with Crippen LogP contribution < -0.4 is 5.32 Å². The van der Waals surface area contributed by atoms with Crippen LogP contribution in [0.2, 0.25) is 0 Å². The van der Waals surface area contributed by atoms with E-state index in [-0.39, 0.29) is 5.91 Å². The zero-order valence-electron chi connectivity index (χ0n) is 10.4. The van der Waals surface area contributed by atoms with Crippen molar-refractivity contribution in [3.05, 3.63) is 54.4 Å². The number of hydrogen-bond donors (Lipinski definition) is 2. The average molecular weight is 269 g/mol. The molecule has 0 fully saturated rings. The van der Waals surface area contributed by atoms with Gasteiger partial charge in [0.25, 0.3) is 5.91 Å². The van der Waals surface area contributed by atoms with E-state index in [1.54, 1.807) is 36.7 Å². The van der Waals surface area contributed by atoms with Crippen molar-refractivity contribution in [2.45, 2.75) is 6.54 Å². The quantitative estimate of drug-likeness (QED) is 0.746. The molecule has 0 spiro atoms. The standard InChI is InChI=1S/C13H11N5O2/c19-12(16-7-11-14-5-6-15-11)9-1-3-10(4-2-9)13-18-17-8-20-13/h1-6,8H,7H2,(H,14,15)(H,16,19). The molecule has 100 valence electrons. The molecule has 7 nitrogen and oxygen atoms in total. The molecule has 0 saturated carbocycles. The minimum atomic E-state index is -0.168. The van der Waals surface area contributed by atoms with Crippen LogP contribution in [0.1, 0.15) is 16.2 Å². The average Bonchev–Trinajstić information content (AvgIpc) is 3.18. The lowest BCUT2D eigenvalue weighted by Crippen LogP contribution is -2.23. The van der Waals surface area contributed by atoms with Gasteiger partial charge in [0.15, 0.2) is 0 Å². The number of carbonyl (C=O) groups excluding carboxylic acids is 1. The summed E-state index contributed by atoms with van der Waals surface area (Å²) in [5.74, 6) is 0.965. The molecule has 0 unspecified atom stereocenters. The SMILES string of the molecule is O=C(NCc1ncc[nH]1)c1ccc(-c2nnco2)cc1. The van der Waals surface area contributed by atoms with Crippen molar-refractivity contribution >= 4 is 5.91 Å². The molecule has 1 aromatic carbocycles. The van der Waals surface area contributed by atoms with Crippen LogP contribution in [0.5, 0.6) is 0 Å². The molecule has 2 N–H and O–H groups in total. The van der Waals surface area contributed by atoms with Crippen LogP contribution in [0, 0.1) is 0 Å². The van der Waals surface area contributed by atoms with Crippen molar-refractivity contribution < 1.29 is 9.21 Å². The molecule has 0 aliphatic heterocycles. The molecule has 3 aromatic rings. The Morgan fingerprint density at radius 3 is 2.80 bits per heavy atom. The maximum Gasteiger partial charge on any atom is 0.251 e. The highest BCUT2D eigenvalue weighted by Crippen LogP contribution is 2.16. The summed E-state index contributed by atoms with van der Waals surface area (Å²) in [6.07, 6.45) is 4.61. The number of aromatic amines is 1. The van der Waals surface area contributed by atoms with Crippen molar-refractivity contribution in [1.29, 1.82) is 0 Å². The molecule has 7 heteroatoms. The fourth-order valence-electron chi connectivity index (χ4n) is 1.72. The van der Waals surface area contributed by atoms with Crippen LogP contribution in [0.25, 0.3) is 11.5 Å². The highest BCUT2D eigenvalue weighted by Gasteiger charge is 2.08. The van der Waals surface area contributed by atoms with Crippen molar-refractivity contribution in [2.24, 2.45) is 0 Å². The third kappa shape index (κ3) is 2.56. The molecule has 2 aromatic heterocycles. The predicted molar refractivity (Wildman–Crippen MR) is 69.5 cm³/mol. The van der Waals surface area contributed by atoms with E-state index < -0.39 is 0 Å². The first-order valence-corrected chi connectivity index (χ1v) is 5.96. The molecule has 3 rings (SSSR count). The summed E-state index contributed by atoms with van der Waals surface area (Å²) >= 11 is 0. The molecule has 0 radical (unpaired) electrons. The molecule has 0 atom stereocenters. The Hall–Kier alpha value is -2.96. The second kappa shape index (κ2) is 5.35.